The predicted molar refractivity (Wildman–Crippen MR) is 94.7 cm³/mol. The van der Waals surface area contributed by atoms with Gasteiger partial charge in [0.05, 0.1) is 0 Å². The van der Waals surface area contributed by atoms with Crippen LogP contribution in [0.5, 0.6) is 0 Å². The summed E-state index contributed by atoms with van der Waals surface area (Å²) < 4.78 is 0. The Bertz CT molecular complexity index is 457. The van der Waals surface area contributed by atoms with Crippen molar-refractivity contribution >= 4 is 30.1 Å². The molecule has 0 bridgehead atoms. The molecule has 3 rings (SSSR count). The van der Waals surface area contributed by atoms with Crippen LogP contribution in [0.25, 0.3) is 0 Å². The molecule has 1 N–H and O–H groups in total. The third kappa shape index (κ3) is 4.64. The molecule has 0 saturated carbocycles. The molecule has 22 heavy (non-hydrogen) atoms. The number of carbonyl (C=O) groups is 1. The lowest BCUT2D eigenvalue weighted by Crippen LogP contribution is -2.32. The molecule has 3 nitrogen and oxygen atoms in total. The fourth-order valence-electron chi connectivity index (χ4n) is 3.40. The molecule has 2 fully saturated rings. The molecular formula is C17H25ClN2OS. The van der Waals surface area contributed by atoms with Crippen molar-refractivity contribution in [3.05, 3.63) is 30.3 Å². The van der Waals surface area contributed by atoms with E-state index in [4.69, 9.17) is 0 Å². The predicted octanol–water partition coefficient (Wildman–Crippen LogP) is 3.05. The minimum absolute atomic E-state index is 0. The maximum atomic E-state index is 12.4. The molecule has 2 atom stereocenters. The zero-order valence-electron chi connectivity index (χ0n) is 12.9. The molecule has 1 amide bonds. The van der Waals surface area contributed by atoms with Crippen molar-refractivity contribution in [2.75, 3.05) is 31.9 Å². The quantitative estimate of drug-likeness (QED) is 0.855. The lowest BCUT2D eigenvalue weighted by molar-refractivity contribution is -0.130. The minimum atomic E-state index is 0. The number of amides is 1. The monoisotopic (exact) mass is 340 g/mol. The van der Waals surface area contributed by atoms with Gasteiger partial charge in [-0.15, -0.1) is 24.2 Å². The second-order valence-corrected chi connectivity index (χ2v) is 7.22. The fraction of sp³-hybridized carbons (Fsp3) is 0.588. The second-order valence-electron chi connectivity index (χ2n) is 6.05. The Labute approximate surface area is 143 Å². The lowest BCUT2D eigenvalue weighted by atomic mass is 9.92. The smallest absolute Gasteiger partial charge is 0.223 e. The largest absolute Gasteiger partial charge is 0.343 e. The van der Waals surface area contributed by atoms with Crippen LogP contribution < -0.4 is 5.32 Å². The van der Waals surface area contributed by atoms with Gasteiger partial charge in [-0.3, -0.25) is 4.79 Å². The molecular weight excluding hydrogens is 316 g/mol. The highest BCUT2D eigenvalue weighted by Gasteiger charge is 2.31. The lowest BCUT2D eigenvalue weighted by Gasteiger charge is -2.20. The van der Waals surface area contributed by atoms with Crippen molar-refractivity contribution < 1.29 is 4.79 Å². The van der Waals surface area contributed by atoms with Gasteiger partial charge in [-0.1, -0.05) is 18.2 Å². The van der Waals surface area contributed by atoms with E-state index in [1.807, 2.05) is 18.2 Å². The average Bonchev–Trinajstić information content (AvgIpc) is 2.87. The van der Waals surface area contributed by atoms with Gasteiger partial charge in [-0.2, -0.15) is 0 Å². The van der Waals surface area contributed by atoms with E-state index in [1.54, 1.807) is 11.8 Å². The molecule has 2 aliphatic heterocycles. The molecule has 2 aliphatic rings. The number of fused-ring (bicyclic) bond motifs is 1. The van der Waals surface area contributed by atoms with Crippen LogP contribution in [-0.4, -0.2) is 42.7 Å². The van der Waals surface area contributed by atoms with E-state index in [1.165, 1.54) is 17.7 Å². The van der Waals surface area contributed by atoms with Crippen LogP contribution in [0, 0.1) is 11.8 Å². The summed E-state index contributed by atoms with van der Waals surface area (Å²) in [6, 6.07) is 10.3. The Hall–Kier alpha value is -0.710. The zero-order valence-corrected chi connectivity index (χ0v) is 14.5. The summed E-state index contributed by atoms with van der Waals surface area (Å²) in [7, 11) is 0. The first-order valence-electron chi connectivity index (χ1n) is 7.99. The zero-order chi connectivity index (χ0) is 14.5. The van der Waals surface area contributed by atoms with E-state index >= 15 is 0 Å². The third-order valence-corrected chi connectivity index (χ3v) is 5.71. The summed E-state index contributed by atoms with van der Waals surface area (Å²) in [4.78, 5) is 15.7. The number of hydrogen-bond donors (Lipinski definition) is 1. The molecule has 1 aromatic rings. The maximum absolute atomic E-state index is 12.4. The van der Waals surface area contributed by atoms with Gasteiger partial charge in [0, 0.05) is 30.2 Å². The number of hydrogen-bond acceptors (Lipinski definition) is 3. The average molecular weight is 341 g/mol. The Morgan fingerprint density at radius 3 is 2.41 bits per heavy atom. The first-order chi connectivity index (χ1) is 10.3. The topological polar surface area (TPSA) is 32.3 Å². The summed E-state index contributed by atoms with van der Waals surface area (Å²) in [5.74, 6) is 2.81. The second kappa shape index (κ2) is 8.80. The van der Waals surface area contributed by atoms with Gasteiger partial charge >= 0.3 is 0 Å². The van der Waals surface area contributed by atoms with E-state index in [0.29, 0.717) is 12.3 Å². The fourth-order valence-corrected chi connectivity index (χ4v) is 4.26. The molecule has 0 spiro atoms. The molecule has 0 radical (unpaired) electrons. The van der Waals surface area contributed by atoms with E-state index in [9.17, 15) is 4.79 Å². The highest BCUT2D eigenvalue weighted by Crippen LogP contribution is 2.27. The van der Waals surface area contributed by atoms with Crippen molar-refractivity contribution in [1.29, 1.82) is 0 Å². The molecule has 2 saturated heterocycles. The van der Waals surface area contributed by atoms with Crippen molar-refractivity contribution in [2.45, 2.75) is 24.2 Å². The van der Waals surface area contributed by atoms with Crippen molar-refractivity contribution in [3.63, 3.8) is 0 Å². The summed E-state index contributed by atoms with van der Waals surface area (Å²) in [5.41, 5.74) is 0. The van der Waals surface area contributed by atoms with Gasteiger partial charge < -0.3 is 10.2 Å². The standard InChI is InChI=1S/C17H24N2OS.ClH/c20-17(8-11-21-16-4-2-1-3-5-16)19-9-6-14-12-18-13-15(14)7-10-19;/h1-5,14-15,18H,6-13H2;1H/t14-,15+;. The van der Waals surface area contributed by atoms with Crippen LogP contribution >= 0.6 is 24.2 Å². The summed E-state index contributed by atoms with van der Waals surface area (Å²) >= 11 is 1.78. The number of carbonyl (C=O) groups excluding carboxylic acids is 1. The van der Waals surface area contributed by atoms with Gasteiger partial charge in [0.15, 0.2) is 0 Å². The van der Waals surface area contributed by atoms with E-state index in [2.05, 4.69) is 22.3 Å². The number of thioether (sulfide) groups is 1. The maximum Gasteiger partial charge on any atom is 0.223 e. The molecule has 122 valence electrons. The van der Waals surface area contributed by atoms with Crippen LogP contribution in [0.2, 0.25) is 0 Å². The summed E-state index contributed by atoms with van der Waals surface area (Å²) in [5, 5.41) is 3.48. The van der Waals surface area contributed by atoms with Gasteiger partial charge in [-0.05, 0) is 49.9 Å². The minimum Gasteiger partial charge on any atom is -0.343 e. The number of nitrogens with zero attached hydrogens (tertiary/aromatic N) is 1. The molecule has 2 heterocycles. The van der Waals surface area contributed by atoms with E-state index < -0.39 is 0 Å². The number of likely N-dealkylation sites (tertiary alicyclic amines) is 1. The van der Waals surface area contributed by atoms with Crippen molar-refractivity contribution in [2.24, 2.45) is 11.8 Å². The highest BCUT2D eigenvalue weighted by molar-refractivity contribution is 7.99. The number of nitrogens with one attached hydrogen (secondary N) is 1. The van der Waals surface area contributed by atoms with Crippen molar-refractivity contribution in [3.8, 4) is 0 Å². The summed E-state index contributed by atoms with van der Waals surface area (Å²) in [6.45, 7) is 4.21. The molecule has 1 aromatic carbocycles. The van der Waals surface area contributed by atoms with E-state index in [-0.39, 0.29) is 12.4 Å². The Balaban J connectivity index is 0.00000176. The van der Waals surface area contributed by atoms with Crippen LogP contribution in [0.3, 0.4) is 0 Å². The van der Waals surface area contributed by atoms with E-state index in [0.717, 1.165) is 43.8 Å². The Morgan fingerprint density at radius 2 is 1.77 bits per heavy atom. The van der Waals surface area contributed by atoms with Gasteiger partial charge in [0.1, 0.15) is 0 Å². The number of halogens is 1. The third-order valence-electron chi connectivity index (χ3n) is 4.70. The number of rotatable bonds is 4. The highest BCUT2D eigenvalue weighted by atomic mass is 35.5. The summed E-state index contributed by atoms with van der Waals surface area (Å²) in [6.07, 6.45) is 3.01. The van der Waals surface area contributed by atoms with Gasteiger partial charge in [0.2, 0.25) is 5.91 Å². The SMILES string of the molecule is Cl.O=C(CCSc1ccccc1)N1CC[C@@H]2CNC[C@@H]2CC1. The molecule has 5 heteroatoms. The first-order valence-corrected chi connectivity index (χ1v) is 8.98. The molecule has 0 aliphatic carbocycles. The normalized spacial score (nSPS) is 24.3. The Morgan fingerprint density at radius 1 is 1.14 bits per heavy atom. The molecule has 0 aromatic heterocycles. The van der Waals surface area contributed by atoms with Gasteiger partial charge in [-0.25, -0.2) is 0 Å². The van der Waals surface area contributed by atoms with Crippen LogP contribution in [0.1, 0.15) is 19.3 Å². The molecule has 0 unspecified atom stereocenters. The Kier molecular flexibility index (Phi) is 7.06. The van der Waals surface area contributed by atoms with Crippen LogP contribution in [0.4, 0.5) is 0 Å². The first kappa shape index (κ1) is 17.6. The number of benzene rings is 1. The van der Waals surface area contributed by atoms with Crippen LogP contribution in [-0.2, 0) is 4.79 Å². The van der Waals surface area contributed by atoms with Crippen molar-refractivity contribution in [1.82, 2.24) is 10.2 Å². The van der Waals surface area contributed by atoms with Gasteiger partial charge in [0.25, 0.3) is 0 Å². The van der Waals surface area contributed by atoms with Crippen LogP contribution in [0.15, 0.2) is 35.2 Å².